The second kappa shape index (κ2) is 5.37. The summed E-state index contributed by atoms with van der Waals surface area (Å²) in [5, 5.41) is 19.7. The topological polar surface area (TPSA) is 79.7 Å². The smallest absolute Gasteiger partial charge is 0.312 e. The number of aromatic nitrogens is 1. The first-order valence-corrected chi connectivity index (χ1v) is 7.60. The fourth-order valence-corrected chi connectivity index (χ4v) is 3.64. The number of aryl methyl sites for hydroxylation is 1. The SMILES string of the molecule is CCOc1cc(-c2nc3c(s2)CCC3C(=O)O)ccc1O. The molecule has 0 fully saturated rings. The predicted molar refractivity (Wildman–Crippen MR) is 79.1 cm³/mol. The first-order valence-electron chi connectivity index (χ1n) is 6.78. The highest BCUT2D eigenvalue weighted by atomic mass is 32.1. The number of carboxylic acids is 1. The molecule has 0 bridgehead atoms. The van der Waals surface area contributed by atoms with Crippen molar-refractivity contribution in [2.24, 2.45) is 0 Å². The molecule has 1 aliphatic rings. The zero-order chi connectivity index (χ0) is 15.0. The maximum atomic E-state index is 11.2. The lowest BCUT2D eigenvalue weighted by Gasteiger charge is -2.07. The Morgan fingerprint density at radius 3 is 3.05 bits per heavy atom. The summed E-state index contributed by atoms with van der Waals surface area (Å²) in [6.45, 7) is 2.31. The number of phenolic OH excluding ortho intramolecular Hbond substituents is 1. The number of carboxylic acid groups (broad SMARTS) is 1. The van der Waals surface area contributed by atoms with Crippen molar-refractivity contribution in [1.82, 2.24) is 4.98 Å². The normalized spacial score (nSPS) is 16.7. The van der Waals surface area contributed by atoms with E-state index in [0.29, 0.717) is 24.5 Å². The van der Waals surface area contributed by atoms with Gasteiger partial charge in [-0.2, -0.15) is 0 Å². The number of benzene rings is 1. The minimum Gasteiger partial charge on any atom is -0.504 e. The van der Waals surface area contributed by atoms with Gasteiger partial charge in [-0.15, -0.1) is 11.3 Å². The maximum absolute atomic E-state index is 11.2. The van der Waals surface area contributed by atoms with Crippen LogP contribution in [0.5, 0.6) is 11.5 Å². The van der Waals surface area contributed by atoms with Gasteiger partial charge >= 0.3 is 5.97 Å². The Labute approximate surface area is 125 Å². The molecule has 1 unspecified atom stereocenters. The summed E-state index contributed by atoms with van der Waals surface area (Å²) in [5.41, 5.74) is 1.52. The van der Waals surface area contributed by atoms with Gasteiger partial charge < -0.3 is 14.9 Å². The van der Waals surface area contributed by atoms with Crippen LogP contribution < -0.4 is 4.74 Å². The third-order valence-corrected chi connectivity index (χ3v) is 4.70. The van der Waals surface area contributed by atoms with Crippen molar-refractivity contribution in [3.63, 3.8) is 0 Å². The van der Waals surface area contributed by atoms with Crippen LogP contribution in [0.1, 0.15) is 29.8 Å². The second-order valence-corrected chi connectivity index (χ2v) is 5.96. The molecule has 2 aromatic rings. The number of phenols is 1. The second-order valence-electron chi connectivity index (χ2n) is 4.87. The fraction of sp³-hybridized carbons (Fsp3) is 0.333. The first-order chi connectivity index (χ1) is 10.1. The minimum absolute atomic E-state index is 0.0908. The number of carbonyl (C=O) groups is 1. The van der Waals surface area contributed by atoms with Crippen molar-refractivity contribution in [3.8, 4) is 22.1 Å². The lowest BCUT2D eigenvalue weighted by atomic mass is 10.1. The molecule has 6 heteroatoms. The number of fused-ring (bicyclic) bond motifs is 1. The highest BCUT2D eigenvalue weighted by molar-refractivity contribution is 7.15. The Morgan fingerprint density at radius 2 is 2.33 bits per heavy atom. The van der Waals surface area contributed by atoms with Gasteiger partial charge in [0, 0.05) is 10.4 Å². The molecule has 1 heterocycles. The Bertz CT molecular complexity index is 695. The molecular weight excluding hydrogens is 290 g/mol. The molecule has 0 aliphatic heterocycles. The highest BCUT2D eigenvalue weighted by Gasteiger charge is 2.32. The van der Waals surface area contributed by atoms with E-state index in [1.54, 1.807) is 18.2 Å². The van der Waals surface area contributed by atoms with Crippen LogP contribution in [-0.4, -0.2) is 27.8 Å². The number of ether oxygens (including phenoxy) is 1. The fourth-order valence-electron chi connectivity index (χ4n) is 2.51. The zero-order valence-electron chi connectivity index (χ0n) is 11.5. The summed E-state index contributed by atoms with van der Waals surface area (Å²) in [5.74, 6) is -0.798. The molecule has 1 aromatic carbocycles. The van der Waals surface area contributed by atoms with Gasteiger partial charge in [-0.1, -0.05) is 0 Å². The van der Waals surface area contributed by atoms with Gasteiger partial charge in [0.05, 0.1) is 12.3 Å². The number of nitrogens with zero attached hydrogens (tertiary/aromatic N) is 1. The number of hydrogen-bond donors (Lipinski definition) is 2. The quantitative estimate of drug-likeness (QED) is 0.907. The van der Waals surface area contributed by atoms with Gasteiger partial charge in [0.25, 0.3) is 0 Å². The van der Waals surface area contributed by atoms with Gasteiger partial charge in [-0.05, 0) is 38.0 Å². The molecule has 3 rings (SSSR count). The lowest BCUT2D eigenvalue weighted by molar-refractivity contribution is -0.138. The summed E-state index contributed by atoms with van der Waals surface area (Å²) < 4.78 is 5.37. The Hall–Kier alpha value is -2.08. The predicted octanol–water partition coefficient (Wildman–Crippen LogP) is 3.03. The van der Waals surface area contributed by atoms with Gasteiger partial charge in [-0.3, -0.25) is 4.79 Å². The highest BCUT2D eigenvalue weighted by Crippen LogP contribution is 2.41. The molecule has 0 spiro atoms. The van der Waals surface area contributed by atoms with Crippen LogP contribution in [0.25, 0.3) is 10.6 Å². The standard InChI is InChI=1S/C15H15NO4S/c1-2-20-11-7-8(3-5-10(11)17)14-16-13-9(15(18)19)4-6-12(13)21-14/h3,5,7,9,17H,2,4,6H2,1H3,(H,18,19). The van der Waals surface area contributed by atoms with Crippen LogP contribution >= 0.6 is 11.3 Å². The maximum Gasteiger partial charge on any atom is 0.312 e. The van der Waals surface area contributed by atoms with Gasteiger partial charge in [0.2, 0.25) is 0 Å². The molecule has 0 saturated heterocycles. The third-order valence-electron chi connectivity index (χ3n) is 3.52. The van der Waals surface area contributed by atoms with E-state index in [1.807, 2.05) is 6.92 Å². The van der Waals surface area contributed by atoms with Crippen molar-refractivity contribution in [1.29, 1.82) is 0 Å². The number of aromatic hydroxyl groups is 1. The number of hydrogen-bond acceptors (Lipinski definition) is 5. The van der Waals surface area contributed by atoms with E-state index < -0.39 is 11.9 Å². The molecule has 1 aliphatic carbocycles. The third kappa shape index (κ3) is 2.47. The molecule has 0 radical (unpaired) electrons. The molecule has 1 aromatic heterocycles. The summed E-state index contributed by atoms with van der Waals surface area (Å²) in [4.78, 5) is 16.7. The molecule has 1 atom stereocenters. The molecular formula is C15H15NO4S. The molecule has 0 saturated carbocycles. The average Bonchev–Trinajstić information content (AvgIpc) is 3.00. The minimum atomic E-state index is -0.814. The van der Waals surface area contributed by atoms with Crippen LogP contribution in [-0.2, 0) is 11.2 Å². The average molecular weight is 305 g/mol. The number of thiazole rings is 1. The van der Waals surface area contributed by atoms with E-state index in [1.165, 1.54) is 11.3 Å². The summed E-state index contributed by atoms with van der Waals surface area (Å²) in [6, 6.07) is 5.08. The van der Waals surface area contributed by atoms with Crippen LogP contribution in [0.15, 0.2) is 18.2 Å². The number of rotatable bonds is 4. The van der Waals surface area contributed by atoms with Crippen molar-refractivity contribution >= 4 is 17.3 Å². The van der Waals surface area contributed by atoms with Gasteiger partial charge in [0.1, 0.15) is 10.9 Å². The van der Waals surface area contributed by atoms with Crippen molar-refractivity contribution in [2.45, 2.75) is 25.7 Å². The van der Waals surface area contributed by atoms with Crippen molar-refractivity contribution in [2.75, 3.05) is 6.61 Å². The van der Waals surface area contributed by atoms with E-state index in [0.717, 1.165) is 21.9 Å². The van der Waals surface area contributed by atoms with Crippen LogP contribution in [0, 0.1) is 0 Å². The van der Waals surface area contributed by atoms with Crippen LogP contribution in [0.4, 0.5) is 0 Å². The van der Waals surface area contributed by atoms with Crippen molar-refractivity contribution < 1.29 is 19.7 Å². The number of aliphatic carboxylic acids is 1. The van der Waals surface area contributed by atoms with Crippen LogP contribution in [0.2, 0.25) is 0 Å². The molecule has 5 nitrogen and oxygen atoms in total. The largest absolute Gasteiger partial charge is 0.504 e. The molecule has 0 amide bonds. The summed E-state index contributed by atoms with van der Waals surface area (Å²) >= 11 is 1.52. The molecule has 110 valence electrons. The first kappa shape index (κ1) is 13.9. The molecule has 21 heavy (non-hydrogen) atoms. The molecule has 2 N–H and O–H groups in total. The van der Waals surface area contributed by atoms with E-state index in [-0.39, 0.29) is 5.75 Å². The van der Waals surface area contributed by atoms with E-state index in [2.05, 4.69) is 4.98 Å². The lowest BCUT2D eigenvalue weighted by Crippen LogP contribution is -2.08. The van der Waals surface area contributed by atoms with E-state index in [4.69, 9.17) is 4.74 Å². The van der Waals surface area contributed by atoms with Crippen molar-refractivity contribution in [3.05, 3.63) is 28.8 Å². The monoisotopic (exact) mass is 305 g/mol. The van der Waals surface area contributed by atoms with Crippen LogP contribution in [0.3, 0.4) is 0 Å². The van der Waals surface area contributed by atoms with Gasteiger partial charge in [-0.25, -0.2) is 4.98 Å². The van der Waals surface area contributed by atoms with E-state index in [9.17, 15) is 15.0 Å². The van der Waals surface area contributed by atoms with E-state index >= 15 is 0 Å². The zero-order valence-corrected chi connectivity index (χ0v) is 12.3. The summed E-state index contributed by atoms with van der Waals surface area (Å²) in [6.07, 6.45) is 1.39. The Morgan fingerprint density at radius 1 is 1.52 bits per heavy atom. The Kier molecular flexibility index (Phi) is 3.55. The summed E-state index contributed by atoms with van der Waals surface area (Å²) in [7, 11) is 0. The van der Waals surface area contributed by atoms with Gasteiger partial charge in [0.15, 0.2) is 11.5 Å². The Balaban J connectivity index is 1.97.